The van der Waals surface area contributed by atoms with Crippen LogP contribution in [-0.4, -0.2) is 36.7 Å². The first-order valence-electron chi connectivity index (χ1n) is 12.5. The van der Waals surface area contributed by atoms with Crippen LogP contribution in [0.3, 0.4) is 0 Å². The van der Waals surface area contributed by atoms with Gasteiger partial charge in [-0.25, -0.2) is 4.68 Å². The standard InChI is InChI=1S/C26H32N6O3/c1-3-24(25-28-29-30-32(25)20-8-5-6-9-20)31(17-22-10-7-13-35-22)16-19-14-18-15-21(34-4-2)11-12-23(18)27-26(19)33/h7,10-15,20,24H,3-6,8-9,16-17H2,1-2H3,(H,27,33). The van der Waals surface area contributed by atoms with E-state index in [-0.39, 0.29) is 11.6 Å². The molecule has 3 aromatic heterocycles. The summed E-state index contributed by atoms with van der Waals surface area (Å²) in [6, 6.07) is 11.8. The van der Waals surface area contributed by atoms with Crippen LogP contribution in [0.25, 0.3) is 10.9 Å². The van der Waals surface area contributed by atoms with Gasteiger partial charge in [-0.1, -0.05) is 19.8 Å². The van der Waals surface area contributed by atoms with Gasteiger partial charge in [0.1, 0.15) is 11.5 Å². The highest BCUT2D eigenvalue weighted by Crippen LogP contribution is 2.33. The Morgan fingerprint density at radius 2 is 2.06 bits per heavy atom. The summed E-state index contributed by atoms with van der Waals surface area (Å²) in [7, 11) is 0. The van der Waals surface area contributed by atoms with Gasteiger partial charge in [0.25, 0.3) is 5.56 Å². The Morgan fingerprint density at radius 1 is 1.20 bits per heavy atom. The average Bonchev–Trinajstić information content (AvgIpc) is 3.63. The van der Waals surface area contributed by atoms with E-state index in [1.807, 2.05) is 48.0 Å². The molecule has 1 atom stereocenters. The molecule has 0 amide bonds. The fourth-order valence-electron chi connectivity index (χ4n) is 5.13. The smallest absolute Gasteiger partial charge is 0.252 e. The van der Waals surface area contributed by atoms with E-state index >= 15 is 0 Å². The molecule has 35 heavy (non-hydrogen) atoms. The monoisotopic (exact) mass is 476 g/mol. The molecular formula is C26H32N6O3. The molecule has 1 fully saturated rings. The molecule has 1 saturated carbocycles. The molecule has 0 aliphatic heterocycles. The second-order valence-corrected chi connectivity index (χ2v) is 9.13. The highest BCUT2D eigenvalue weighted by Gasteiger charge is 2.30. The SMILES string of the molecule is CCOc1ccc2[nH]c(=O)c(CN(Cc3ccco3)C(CC)c3nnnn3C3CCCC3)cc2c1. The Balaban J connectivity index is 1.51. The van der Waals surface area contributed by atoms with Gasteiger partial charge in [-0.2, -0.15) is 0 Å². The van der Waals surface area contributed by atoms with Crippen molar-refractivity contribution < 1.29 is 9.15 Å². The number of nitrogens with one attached hydrogen (secondary N) is 1. The van der Waals surface area contributed by atoms with Crippen molar-refractivity contribution in [1.82, 2.24) is 30.1 Å². The summed E-state index contributed by atoms with van der Waals surface area (Å²) in [5.41, 5.74) is 1.37. The molecule has 9 heteroatoms. The van der Waals surface area contributed by atoms with Gasteiger partial charge in [-0.3, -0.25) is 9.69 Å². The lowest BCUT2D eigenvalue weighted by Crippen LogP contribution is -2.32. The highest BCUT2D eigenvalue weighted by atomic mass is 16.5. The maximum Gasteiger partial charge on any atom is 0.252 e. The number of nitrogens with zero attached hydrogens (tertiary/aromatic N) is 5. The largest absolute Gasteiger partial charge is 0.494 e. The number of aromatic nitrogens is 5. The molecule has 1 aliphatic rings. The van der Waals surface area contributed by atoms with Crippen molar-refractivity contribution in [2.75, 3.05) is 6.61 Å². The number of tetrazole rings is 1. The third-order valence-electron chi connectivity index (χ3n) is 6.83. The van der Waals surface area contributed by atoms with Crippen molar-refractivity contribution in [3.63, 3.8) is 0 Å². The van der Waals surface area contributed by atoms with Crippen LogP contribution in [0.4, 0.5) is 0 Å². The van der Waals surface area contributed by atoms with Crippen LogP contribution < -0.4 is 10.3 Å². The minimum Gasteiger partial charge on any atom is -0.494 e. The van der Waals surface area contributed by atoms with Gasteiger partial charge in [0.15, 0.2) is 5.82 Å². The lowest BCUT2D eigenvalue weighted by molar-refractivity contribution is 0.146. The van der Waals surface area contributed by atoms with E-state index in [0.29, 0.717) is 31.3 Å². The number of hydrogen-bond acceptors (Lipinski definition) is 7. The Bertz CT molecular complexity index is 1310. The highest BCUT2D eigenvalue weighted by molar-refractivity contribution is 5.80. The second kappa shape index (κ2) is 10.4. The van der Waals surface area contributed by atoms with E-state index in [0.717, 1.165) is 47.5 Å². The Kier molecular flexibility index (Phi) is 6.94. The van der Waals surface area contributed by atoms with E-state index in [4.69, 9.17) is 9.15 Å². The molecule has 9 nitrogen and oxygen atoms in total. The van der Waals surface area contributed by atoms with Crippen LogP contribution in [0.5, 0.6) is 5.75 Å². The quantitative estimate of drug-likeness (QED) is 0.352. The molecule has 0 bridgehead atoms. The number of fused-ring (bicyclic) bond motifs is 1. The van der Waals surface area contributed by atoms with Crippen LogP contribution in [0.1, 0.15) is 75.2 Å². The van der Waals surface area contributed by atoms with E-state index < -0.39 is 0 Å². The lowest BCUT2D eigenvalue weighted by Gasteiger charge is -2.30. The van der Waals surface area contributed by atoms with Gasteiger partial charge in [0, 0.05) is 23.0 Å². The van der Waals surface area contributed by atoms with Crippen molar-refractivity contribution >= 4 is 10.9 Å². The maximum absolute atomic E-state index is 13.1. The molecule has 1 aliphatic carbocycles. The van der Waals surface area contributed by atoms with Crippen LogP contribution >= 0.6 is 0 Å². The first kappa shape index (κ1) is 23.3. The zero-order valence-corrected chi connectivity index (χ0v) is 20.3. The number of aromatic amines is 1. The zero-order chi connectivity index (χ0) is 24.2. The molecule has 5 rings (SSSR count). The number of pyridine rings is 1. The summed E-state index contributed by atoms with van der Waals surface area (Å²) in [5, 5.41) is 13.8. The third-order valence-corrected chi connectivity index (χ3v) is 6.83. The van der Waals surface area contributed by atoms with Gasteiger partial charge in [-0.05, 0) is 73.0 Å². The molecule has 3 heterocycles. The summed E-state index contributed by atoms with van der Waals surface area (Å²) in [4.78, 5) is 18.3. The third kappa shape index (κ3) is 5.00. The molecule has 1 aromatic carbocycles. The van der Waals surface area contributed by atoms with Crippen LogP contribution in [-0.2, 0) is 13.1 Å². The predicted octanol–water partition coefficient (Wildman–Crippen LogP) is 4.77. The molecule has 0 radical (unpaired) electrons. The maximum atomic E-state index is 13.1. The summed E-state index contributed by atoms with van der Waals surface area (Å²) in [6.07, 6.45) is 7.07. The Morgan fingerprint density at radius 3 is 2.80 bits per heavy atom. The van der Waals surface area contributed by atoms with Gasteiger partial charge >= 0.3 is 0 Å². The number of H-pyrrole nitrogens is 1. The lowest BCUT2D eigenvalue weighted by atomic mass is 10.1. The molecule has 0 spiro atoms. The zero-order valence-electron chi connectivity index (χ0n) is 20.3. The molecule has 184 valence electrons. The van der Waals surface area contributed by atoms with Gasteiger partial charge < -0.3 is 14.1 Å². The average molecular weight is 477 g/mol. The van der Waals surface area contributed by atoms with Crippen molar-refractivity contribution in [1.29, 1.82) is 0 Å². The van der Waals surface area contributed by atoms with Crippen LogP contribution in [0, 0.1) is 0 Å². The van der Waals surface area contributed by atoms with E-state index in [1.54, 1.807) is 6.26 Å². The molecule has 1 unspecified atom stereocenters. The van der Waals surface area contributed by atoms with E-state index in [1.165, 1.54) is 12.8 Å². The molecule has 4 aromatic rings. The summed E-state index contributed by atoms with van der Waals surface area (Å²) in [5.74, 6) is 2.47. The number of benzene rings is 1. The minimum atomic E-state index is -0.101. The summed E-state index contributed by atoms with van der Waals surface area (Å²) < 4.78 is 13.4. The van der Waals surface area contributed by atoms with E-state index in [2.05, 4.69) is 32.3 Å². The number of furan rings is 1. The molecular weight excluding hydrogens is 444 g/mol. The number of ether oxygens (including phenoxy) is 1. The Labute approximate surface area is 204 Å². The molecule has 0 saturated heterocycles. The van der Waals surface area contributed by atoms with Gasteiger partial charge in [0.05, 0.1) is 31.5 Å². The summed E-state index contributed by atoms with van der Waals surface area (Å²) in [6.45, 7) is 5.65. The van der Waals surface area contributed by atoms with Crippen LogP contribution in [0.2, 0.25) is 0 Å². The van der Waals surface area contributed by atoms with Gasteiger partial charge in [-0.15, -0.1) is 5.10 Å². The fourth-order valence-corrected chi connectivity index (χ4v) is 5.13. The van der Waals surface area contributed by atoms with E-state index in [9.17, 15) is 4.79 Å². The summed E-state index contributed by atoms with van der Waals surface area (Å²) >= 11 is 0. The number of hydrogen-bond donors (Lipinski definition) is 1. The van der Waals surface area contributed by atoms with Crippen LogP contribution in [0.15, 0.2) is 51.9 Å². The van der Waals surface area contributed by atoms with Crippen molar-refractivity contribution in [2.45, 2.75) is 71.1 Å². The number of rotatable bonds is 10. The fraction of sp³-hybridized carbons (Fsp3) is 0.462. The first-order chi connectivity index (χ1) is 17.2. The molecule has 1 N–H and O–H groups in total. The van der Waals surface area contributed by atoms with Crippen molar-refractivity contribution in [3.05, 3.63) is 70.2 Å². The predicted molar refractivity (Wildman–Crippen MR) is 132 cm³/mol. The van der Waals surface area contributed by atoms with Crippen molar-refractivity contribution in [3.8, 4) is 5.75 Å². The minimum absolute atomic E-state index is 0.0689. The van der Waals surface area contributed by atoms with Crippen molar-refractivity contribution in [2.24, 2.45) is 0 Å². The second-order valence-electron chi connectivity index (χ2n) is 9.13. The van der Waals surface area contributed by atoms with Gasteiger partial charge in [0.2, 0.25) is 0 Å². The Hall–Kier alpha value is -3.46. The first-order valence-corrected chi connectivity index (χ1v) is 12.5. The topological polar surface area (TPSA) is 102 Å². The normalized spacial score (nSPS) is 15.3.